The highest BCUT2D eigenvalue weighted by atomic mass is 79.9. The second-order valence-electron chi connectivity index (χ2n) is 8.57. The van der Waals surface area contributed by atoms with Gasteiger partial charge < -0.3 is 9.84 Å². The van der Waals surface area contributed by atoms with Crippen molar-refractivity contribution in [1.82, 2.24) is 0 Å². The van der Waals surface area contributed by atoms with Crippen molar-refractivity contribution in [3.63, 3.8) is 0 Å². The Hall–Kier alpha value is -1.13. The van der Waals surface area contributed by atoms with E-state index in [0.717, 1.165) is 16.5 Å². The summed E-state index contributed by atoms with van der Waals surface area (Å²) in [6, 6.07) is 2.04. The largest absolute Gasteiger partial charge is 0.492 e. The van der Waals surface area contributed by atoms with Crippen molar-refractivity contribution in [3.8, 4) is 5.75 Å². The third-order valence-electron chi connectivity index (χ3n) is 5.05. The number of halogens is 2. The Labute approximate surface area is 165 Å². The normalized spacial score (nSPS) is 17.4. The Bertz CT molecular complexity index is 767. The number of rotatable bonds is 4. The maximum atomic E-state index is 14.2. The Morgan fingerprint density at radius 2 is 1.96 bits per heavy atom. The molecule has 1 aliphatic rings. The summed E-state index contributed by atoms with van der Waals surface area (Å²) in [5.74, 6) is 0.116. The maximum Gasteiger partial charge on any atom is 0.141 e. The minimum absolute atomic E-state index is 0.0256. The number of aliphatic hydroxyl groups is 1. The lowest BCUT2D eigenvalue weighted by atomic mass is 9.67. The van der Waals surface area contributed by atoms with Crippen LogP contribution in [0.25, 0.3) is 11.1 Å². The number of fused-ring (bicyclic) bond motifs is 1. The van der Waals surface area contributed by atoms with Crippen LogP contribution < -0.4 is 4.74 Å². The average Bonchev–Trinajstić information content (AvgIpc) is 2.53. The molecule has 0 saturated carbocycles. The highest BCUT2D eigenvalue weighted by Crippen LogP contribution is 2.52. The first-order valence-corrected chi connectivity index (χ1v) is 9.92. The van der Waals surface area contributed by atoms with E-state index in [4.69, 9.17) is 4.74 Å². The predicted molar refractivity (Wildman–Crippen MR) is 111 cm³/mol. The molecular formula is C22H30BrFO2. The minimum atomic E-state index is -0.612. The summed E-state index contributed by atoms with van der Waals surface area (Å²) in [5.41, 5.74) is 4.61. The van der Waals surface area contributed by atoms with Gasteiger partial charge in [-0.15, -0.1) is 0 Å². The van der Waals surface area contributed by atoms with Gasteiger partial charge in [0.1, 0.15) is 11.6 Å². The molecule has 26 heavy (non-hydrogen) atoms. The summed E-state index contributed by atoms with van der Waals surface area (Å²) in [7, 11) is 0. The van der Waals surface area contributed by atoms with Crippen molar-refractivity contribution in [3.05, 3.63) is 39.1 Å². The zero-order valence-electron chi connectivity index (χ0n) is 16.9. The molecule has 0 radical (unpaired) electrons. The van der Waals surface area contributed by atoms with Crippen molar-refractivity contribution < 1.29 is 14.2 Å². The molecule has 4 heteroatoms. The van der Waals surface area contributed by atoms with Crippen molar-refractivity contribution in [2.75, 3.05) is 13.2 Å². The molecular weight excluding hydrogens is 395 g/mol. The van der Waals surface area contributed by atoms with Gasteiger partial charge >= 0.3 is 0 Å². The molecule has 0 fully saturated rings. The lowest BCUT2D eigenvalue weighted by molar-refractivity contribution is 0.299. The number of hydrogen-bond donors (Lipinski definition) is 1. The van der Waals surface area contributed by atoms with E-state index in [9.17, 15) is 9.50 Å². The molecule has 0 aromatic heterocycles. The van der Waals surface area contributed by atoms with E-state index in [0.29, 0.717) is 23.5 Å². The van der Waals surface area contributed by atoms with E-state index in [1.165, 1.54) is 11.1 Å². The van der Waals surface area contributed by atoms with Crippen LogP contribution in [-0.4, -0.2) is 18.3 Å². The average molecular weight is 425 g/mol. The summed E-state index contributed by atoms with van der Waals surface area (Å²) in [6.45, 7) is 14.5. The van der Waals surface area contributed by atoms with Crippen LogP contribution in [0.3, 0.4) is 0 Å². The molecule has 1 aromatic rings. The SMILES string of the molecule is CCOc1c(/C(C)=C(/F)CO)cc2c(c1Br)C(C)(C)CC=C2C(C)(C)C. The van der Waals surface area contributed by atoms with E-state index in [1.54, 1.807) is 6.92 Å². The Morgan fingerprint density at radius 3 is 2.46 bits per heavy atom. The first kappa shape index (κ1) is 21.2. The quantitative estimate of drug-likeness (QED) is 0.585. The van der Waals surface area contributed by atoms with Crippen molar-refractivity contribution in [2.24, 2.45) is 5.41 Å². The molecule has 0 atom stereocenters. The molecule has 2 nitrogen and oxygen atoms in total. The molecule has 2 rings (SSSR count). The zero-order chi connectivity index (χ0) is 19.9. The van der Waals surface area contributed by atoms with Crippen molar-refractivity contribution >= 4 is 27.1 Å². The molecule has 0 amide bonds. The van der Waals surface area contributed by atoms with Gasteiger partial charge in [-0.25, -0.2) is 4.39 Å². The lowest BCUT2D eigenvalue weighted by Crippen LogP contribution is -2.26. The van der Waals surface area contributed by atoms with Crippen LogP contribution in [-0.2, 0) is 5.41 Å². The Balaban J connectivity index is 2.91. The Kier molecular flexibility index (Phi) is 6.09. The number of aliphatic hydroxyl groups excluding tert-OH is 1. The number of allylic oxidation sites excluding steroid dienone is 3. The van der Waals surface area contributed by atoms with Gasteiger partial charge in [-0.3, -0.25) is 0 Å². The number of hydrogen-bond acceptors (Lipinski definition) is 2. The number of ether oxygens (including phenoxy) is 1. The van der Waals surface area contributed by atoms with Crippen LogP contribution in [0.4, 0.5) is 4.39 Å². The highest BCUT2D eigenvalue weighted by molar-refractivity contribution is 9.10. The van der Waals surface area contributed by atoms with Crippen LogP contribution in [0.2, 0.25) is 0 Å². The molecule has 0 unspecified atom stereocenters. The molecule has 1 aliphatic carbocycles. The number of benzene rings is 1. The first-order valence-electron chi connectivity index (χ1n) is 9.13. The molecule has 0 bridgehead atoms. The van der Waals surface area contributed by atoms with E-state index >= 15 is 0 Å². The standard InChI is InChI=1S/C22H30BrFO2/c1-8-26-20-14(13(2)17(24)12-25)11-15-16(21(3,4)5)9-10-22(6,7)18(15)19(20)23/h9,11,25H,8,10,12H2,1-7H3/b17-13+. The van der Waals surface area contributed by atoms with Gasteiger partial charge in [0.2, 0.25) is 0 Å². The smallest absolute Gasteiger partial charge is 0.141 e. The van der Waals surface area contributed by atoms with Crippen LogP contribution in [0.5, 0.6) is 5.75 Å². The first-order chi connectivity index (χ1) is 12.0. The zero-order valence-corrected chi connectivity index (χ0v) is 18.5. The van der Waals surface area contributed by atoms with Gasteiger partial charge in [0.15, 0.2) is 0 Å². The summed E-state index contributed by atoms with van der Waals surface area (Å²) in [5, 5.41) is 9.26. The van der Waals surface area contributed by atoms with Gasteiger partial charge in [0.25, 0.3) is 0 Å². The van der Waals surface area contributed by atoms with Gasteiger partial charge in [-0.2, -0.15) is 0 Å². The molecule has 1 N–H and O–H groups in total. The van der Waals surface area contributed by atoms with Gasteiger partial charge in [0.05, 0.1) is 17.7 Å². The predicted octanol–water partition coefficient (Wildman–Crippen LogP) is 6.65. The van der Waals surface area contributed by atoms with Crippen LogP contribution >= 0.6 is 15.9 Å². The van der Waals surface area contributed by atoms with Gasteiger partial charge in [-0.1, -0.05) is 40.7 Å². The van der Waals surface area contributed by atoms with E-state index in [-0.39, 0.29) is 10.8 Å². The Morgan fingerprint density at radius 1 is 1.35 bits per heavy atom. The van der Waals surface area contributed by atoms with Crippen molar-refractivity contribution in [1.29, 1.82) is 0 Å². The van der Waals surface area contributed by atoms with Gasteiger partial charge in [-0.05, 0) is 75.4 Å². The van der Waals surface area contributed by atoms with Crippen LogP contribution in [0.15, 0.2) is 22.4 Å². The second kappa shape index (κ2) is 7.47. The van der Waals surface area contributed by atoms with Crippen molar-refractivity contribution in [2.45, 2.75) is 60.3 Å². The fourth-order valence-electron chi connectivity index (χ4n) is 3.61. The fourth-order valence-corrected chi connectivity index (χ4v) is 4.69. The molecule has 144 valence electrons. The molecule has 0 aliphatic heterocycles. The van der Waals surface area contributed by atoms with Crippen LogP contribution in [0, 0.1) is 5.41 Å². The van der Waals surface area contributed by atoms with E-state index in [2.05, 4.69) is 56.6 Å². The minimum Gasteiger partial charge on any atom is -0.492 e. The topological polar surface area (TPSA) is 29.5 Å². The monoisotopic (exact) mass is 424 g/mol. The third-order valence-corrected chi connectivity index (χ3v) is 5.81. The molecule has 0 spiro atoms. The second-order valence-corrected chi connectivity index (χ2v) is 9.36. The van der Waals surface area contributed by atoms with E-state index in [1.807, 2.05) is 13.0 Å². The summed E-state index contributed by atoms with van der Waals surface area (Å²) < 4.78 is 21.0. The highest BCUT2D eigenvalue weighted by Gasteiger charge is 2.36. The molecule has 0 heterocycles. The summed E-state index contributed by atoms with van der Waals surface area (Å²) in [4.78, 5) is 0. The van der Waals surface area contributed by atoms with Crippen LogP contribution in [0.1, 0.15) is 71.6 Å². The summed E-state index contributed by atoms with van der Waals surface area (Å²) >= 11 is 3.77. The third kappa shape index (κ3) is 3.77. The lowest BCUT2D eigenvalue weighted by Gasteiger charge is -2.38. The van der Waals surface area contributed by atoms with E-state index < -0.39 is 12.4 Å². The van der Waals surface area contributed by atoms with Gasteiger partial charge in [0, 0.05) is 5.56 Å². The summed E-state index contributed by atoms with van der Waals surface area (Å²) in [6.07, 6.45) is 3.25. The molecule has 0 saturated heterocycles. The molecule has 1 aromatic carbocycles. The fraction of sp³-hybridized carbons (Fsp3) is 0.545. The maximum absolute atomic E-state index is 14.2.